The van der Waals surface area contributed by atoms with E-state index in [4.69, 9.17) is 5.73 Å². The zero-order valence-electron chi connectivity index (χ0n) is 10.9. The molecule has 0 aliphatic heterocycles. The summed E-state index contributed by atoms with van der Waals surface area (Å²) in [6.45, 7) is 9.76. The fourth-order valence-electron chi connectivity index (χ4n) is 1.34. The van der Waals surface area contributed by atoms with Crippen molar-refractivity contribution in [2.24, 2.45) is 11.7 Å². The van der Waals surface area contributed by atoms with Crippen molar-refractivity contribution in [3.8, 4) is 0 Å². The Morgan fingerprint density at radius 3 is 2.12 bits per heavy atom. The molecule has 0 aromatic heterocycles. The quantitative estimate of drug-likeness (QED) is 0.645. The summed E-state index contributed by atoms with van der Waals surface area (Å²) in [7, 11) is -3.45. The van der Waals surface area contributed by atoms with Crippen LogP contribution >= 0.6 is 0 Å². The standard InChI is InChI=1S/C10H25N3O2S/c1-8(2)6-9(11)7-12-16(14,15)13-10(3,4)5/h8-9,12-13H,6-7,11H2,1-5H3. The average Bonchev–Trinajstić information content (AvgIpc) is 1.95. The molecule has 0 heterocycles. The number of nitrogens with two attached hydrogens (primary N) is 1. The lowest BCUT2D eigenvalue weighted by atomic mass is 10.1. The lowest BCUT2D eigenvalue weighted by molar-refractivity contribution is 0.464. The van der Waals surface area contributed by atoms with Gasteiger partial charge in [0, 0.05) is 18.1 Å². The second kappa shape index (κ2) is 5.95. The van der Waals surface area contributed by atoms with E-state index in [0.29, 0.717) is 5.92 Å². The summed E-state index contributed by atoms with van der Waals surface area (Å²) in [5.74, 6) is 0.468. The summed E-state index contributed by atoms with van der Waals surface area (Å²) < 4.78 is 28.1. The third-order valence-corrected chi connectivity index (χ3v) is 3.18. The molecular formula is C10H25N3O2S. The van der Waals surface area contributed by atoms with Crippen LogP contribution in [-0.2, 0) is 10.2 Å². The van der Waals surface area contributed by atoms with Gasteiger partial charge in [-0.05, 0) is 33.1 Å². The first kappa shape index (κ1) is 15.8. The number of hydrogen-bond acceptors (Lipinski definition) is 3. The molecule has 1 unspecified atom stereocenters. The maximum absolute atomic E-state index is 11.6. The molecule has 1 atom stereocenters. The van der Waals surface area contributed by atoms with Crippen LogP contribution in [0.4, 0.5) is 0 Å². The number of hydrogen-bond donors (Lipinski definition) is 3. The van der Waals surface area contributed by atoms with E-state index in [0.717, 1.165) is 6.42 Å². The summed E-state index contributed by atoms with van der Waals surface area (Å²) in [5, 5.41) is 0. The SMILES string of the molecule is CC(C)CC(N)CNS(=O)(=O)NC(C)(C)C. The van der Waals surface area contributed by atoms with E-state index in [2.05, 4.69) is 23.3 Å². The molecule has 0 spiro atoms. The largest absolute Gasteiger partial charge is 0.327 e. The van der Waals surface area contributed by atoms with Gasteiger partial charge in [0.1, 0.15) is 0 Å². The molecule has 0 fully saturated rings. The molecule has 0 aromatic carbocycles. The second-order valence-corrected chi connectivity index (χ2v) is 7.09. The third kappa shape index (κ3) is 9.08. The van der Waals surface area contributed by atoms with Gasteiger partial charge in [0.2, 0.25) is 0 Å². The predicted octanol–water partition coefficient (Wildman–Crippen LogP) is 0.582. The molecule has 0 aliphatic rings. The summed E-state index contributed by atoms with van der Waals surface area (Å²) >= 11 is 0. The first-order chi connectivity index (χ1) is 7.02. The number of rotatable bonds is 6. The van der Waals surface area contributed by atoms with E-state index < -0.39 is 15.7 Å². The van der Waals surface area contributed by atoms with Gasteiger partial charge in [-0.3, -0.25) is 0 Å². The monoisotopic (exact) mass is 251 g/mol. The van der Waals surface area contributed by atoms with Gasteiger partial charge in [-0.2, -0.15) is 13.1 Å². The van der Waals surface area contributed by atoms with E-state index in [1.54, 1.807) is 20.8 Å². The van der Waals surface area contributed by atoms with E-state index in [1.165, 1.54) is 0 Å². The van der Waals surface area contributed by atoms with Crippen molar-refractivity contribution in [3.63, 3.8) is 0 Å². The maximum atomic E-state index is 11.6. The molecule has 0 saturated carbocycles. The summed E-state index contributed by atoms with van der Waals surface area (Å²) in [6, 6.07) is -0.142. The molecule has 0 aromatic rings. The molecule has 0 aliphatic carbocycles. The average molecular weight is 251 g/mol. The highest BCUT2D eigenvalue weighted by Gasteiger charge is 2.20. The van der Waals surface area contributed by atoms with Gasteiger partial charge in [0.25, 0.3) is 10.2 Å². The normalized spacial score (nSPS) is 15.4. The van der Waals surface area contributed by atoms with Crippen molar-refractivity contribution in [3.05, 3.63) is 0 Å². The Morgan fingerprint density at radius 1 is 1.25 bits per heavy atom. The van der Waals surface area contributed by atoms with Crippen LogP contribution in [0.25, 0.3) is 0 Å². The van der Waals surface area contributed by atoms with E-state index in [-0.39, 0.29) is 12.6 Å². The Labute approximate surface area is 99.4 Å². The first-order valence-electron chi connectivity index (χ1n) is 5.56. The van der Waals surface area contributed by atoms with Crippen LogP contribution in [0.2, 0.25) is 0 Å². The zero-order valence-corrected chi connectivity index (χ0v) is 11.7. The van der Waals surface area contributed by atoms with Crippen LogP contribution in [0.1, 0.15) is 41.0 Å². The van der Waals surface area contributed by atoms with Crippen molar-refractivity contribution in [1.82, 2.24) is 9.44 Å². The van der Waals surface area contributed by atoms with Crippen LogP contribution in [0.5, 0.6) is 0 Å². The Bertz CT molecular complexity index is 294. The Balaban J connectivity index is 4.10. The predicted molar refractivity (Wildman–Crippen MR) is 67.2 cm³/mol. The van der Waals surface area contributed by atoms with Crippen molar-refractivity contribution in [2.75, 3.05) is 6.54 Å². The highest BCUT2D eigenvalue weighted by atomic mass is 32.2. The summed E-state index contributed by atoms with van der Waals surface area (Å²) in [4.78, 5) is 0. The smallest absolute Gasteiger partial charge is 0.277 e. The highest BCUT2D eigenvalue weighted by molar-refractivity contribution is 7.87. The van der Waals surface area contributed by atoms with Crippen molar-refractivity contribution < 1.29 is 8.42 Å². The van der Waals surface area contributed by atoms with E-state index >= 15 is 0 Å². The van der Waals surface area contributed by atoms with Gasteiger partial charge in [-0.1, -0.05) is 13.8 Å². The fourth-order valence-corrected chi connectivity index (χ4v) is 2.66. The van der Waals surface area contributed by atoms with Crippen molar-refractivity contribution in [1.29, 1.82) is 0 Å². The van der Waals surface area contributed by atoms with Gasteiger partial charge in [0.15, 0.2) is 0 Å². The van der Waals surface area contributed by atoms with Crippen molar-refractivity contribution >= 4 is 10.2 Å². The van der Waals surface area contributed by atoms with Crippen LogP contribution in [-0.4, -0.2) is 26.5 Å². The molecule has 0 amide bonds. The Kier molecular flexibility index (Phi) is 5.89. The molecular weight excluding hydrogens is 226 g/mol. The van der Waals surface area contributed by atoms with Crippen LogP contribution in [0.3, 0.4) is 0 Å². The molecule has 0 radical (unpaired) electrons. The lowest BCUT2D eigenvalue weighted by Crippen LogP contribution is -2.49. The molecule has 16 heavy (non-hydrogen) atoms. The van der Waals surface area contributed by atoms with Gasteiger partial charge in [0.05, 0.1) is 0 Å². The minimum Gasteiger partial charge on any atom is -0.327 e. The topological polar surface area (TPSA) is 84.2 Å². The molecule has 6 heteroatoms. The second-order valence-electron chi connectivity index (χ2n) is 5.59. The summed E-state index contributed by atoms with van der Waals surface area (Å²) in [6.07, 6.45) is 0.804. The Morgan fingerprint density at radius 2 is 1.75 bits per heavy atom. The minimum absolute atomic E-state index is 0.142. The highest BCUT2D eigenvalue weighted by Crippen LogP contribution is 2.03. The fraction of sp³-hybridized carbons (Fsp3) is 1.00. The van der Waals surface area contributed by atoms with Crippen LogP contribution < -0.4 is 15.2 Å². The molecule has 0 bridgehead atoms. The molecule has 0 saturated heterocycles. The molecule has 0 rings (SSSR count). The van der Waals surface area contributed by atoms with Gasteiger partial charge < -0.3 is 5.73 Å². The van der Waals surface area contributed by atoms with E-state index in [1.807, 2.05) is 0 Å². The summed E-state index contributed by atoms with van der Waals surface area (Å²) in [5.41, 5.74) is 5.31. The lowest BCUT2D eigenvalue weighted by Gasteiger charge is -2.22. The van der Waals surface area contributed by atoms with Gasteiger partial charge in [-0.15, -0.1) is 0 Å². The first-order valence-corrected chi connectivity index (χ1v) is 7.04. The van der Waals surface area contributed by atoms with E-state index in [9.17, 15) is 8.42 Å². The third-order valence-electron chi connectivity index (χ3n) is 1.75. The van der Waals surface area contributed by atoms with Crippen LogP contribution in [0.15, 0.2) is 0 Å². The van der Waals surface area contributed by atoms with Crippen molar-refractivity contribution in [2.45, 2.75) is 52.6 Å². The van der Waals surface area contributed by atoms with Gasteiger partial charge >= 0.3 is 0 Å². The van der Waals surface area contributed by atoms with Gasteiger partial charge in [-0.25, -0.2) is 4.72 Å². The van der Waals surface area contributed by atoms with Crippen LogP contribution in [0, 0.1) is 5.92 Å². The maximum Gasteiger partial charge on any atom is 0.277 e. The molecule has 98 valence electrons. The zero-order chi connectivity index (χ0) is 13.0. The minimum atomic E-state index is -3.45. The number of nitrogens with one attached hydrogen (secondary N) is 2. The molecule has 4 N–H and O–H groups in total. The molecule has 5 nitrogen and oxygen atoms in total. The Hall–Kier alpha value is -0.170.